The number of aliphatic hydroxyl groups excluding tert-OH is 10. The molecular formula is C44H60O24. The lowest BCUT2D eigenvalue weighted by atomic mass is 9.83. The van der Waals surface area contributed by atoms with E-state index in [0.29, 0.717) is 11.1 Å². The Morgan fingerprint density at radius 2 is 1.06 bits per heavy atom. The molecule has 0 saturated carbocycles. The van der Waals surface area contributed by atoms with Crippen LogP contribution in [0.4, 0.5) is 0 Å². The summed E-state index contributed by atoms with van der Waals surface area (Å²) in [6.45, 7) is 2.53. The lowest BCUT2D eigenvalue weighted by molar-refractivity contribution is -0.331. The Morgan fingerprint density at radius 3 is 1.50 bits per heavy atom. The maximum absolute atomic E-state index is 14.5. The molecule has 0 amide bonds. The van der Waals surface area contributed by atoms with Crippen LogP contribution in [0.2, 0.25) is 0 Å². The molecule has 24 heteroatoms. The summed E-state index contributed by atoms with van der Waals surface area (Å²) < 4.78 is 55.7. The summed E-state index contributed by atoms with van der Waals surface area (Å²) in [7, 11) is 0. The minimum absolute atomic E-state index is 0.108. The van der Waals surface area contributed by atoms with Crippen LogP contribution in [-0.2, 0) is 70.3 Å². The van der Waals surface area contributed by atoms with Gasteiger partial charge in [0, 0.05) is 13.8 Å². The average Bonchev–Trinajstić information content (AvgIpc) is 3.32. The molecule has 0 bridgehead atoms. The Kier molecular flexibility index (Phi) is 19.4. The second-order valence-electron chi connectivity index (χ2n) is 16.5. The highest BCUT2D eigenvalue weighted by atomic mass is 16.7. The highest BCUT2D eigenvalue weighted by Crippen LogP contribution is 2.37. The summed E-state index contributed by atoms with van der Waals surface area (Å²) in [5.41, 5.74) is -1.59. The summed E-state index contributed by atoms with van der Waals surface area (Å²) in [5.74, 6) is -4.55. The number of carbonyl (C=O) groups excluding carboxylic acids is 4. The number of hydrogen-bond acceptors (Lipinski definition) is 24. The van der Waals surface area contributed by atoms with E-state index < -0.39 is 160 Å². The molecule has 3 aliphatic heterocycles. The molecule has 0 radical (unpaired) electrons. The number of benzene rings is 2. The van der Waals surface area contributed by atoms with E-state index in [2.05, 4.69) is 0 Å². The van der Waals surface area contributed by atoms with Crippen molar-refractivity contribution in [2.24, 2.45) is 5.92 Å². The molecule has 0 aliphatic carbocycles. The van der Waals surface area contributed by atoms with Gasteiger partial charge in [-0.3, -0.25) is 14.4 Å². The molecule has 3 saturated heterocycles. The van der Waals surface area contributed by atoms with Gasteiger partial charge in [-0.25, -0.2) is 4.79 Å². The van der Waals surface area contributed by atoms with Crippen molar-refractivity contribution in [3.05, 3.63) is 59.7 Å². The number of carbonyl (C=O) groups is 4. The largest absolute Gasteiger partial charge is 0.463 e. The van der Waals surface area contributed by atoms with Gasteiger partial charge in [-0.1, -0.05) is 44.5 Å². The molecule has 2 aromatic carbocycles. The van der Waals surface area contributed by atoms with Crippen molar-refractivity contribution in [2.75, 3.05) is 19.8 Å². The molecule has 17 unspecified atom stereocenters. The Balaban J connectivity index is 1.35. The molecule has 0 aromatic heterocycles. The van der Waals surface area contributed by atoms with Crippen LogP contribution < -0.4 is 9.47 Å². The van der Waals surface area contributed by atoms with Gasteiger partial charge in [0.2, 0.25) is 12.6 Å². The SMILES string of the molecule is CCC(C)C(CC(=O)OCc1ccc(OC2OC(CO)C(O)C(O)C2O)cc1)(OC1OC(COC(C)=O)C(O)C(OC(C)=O)C1O)C(=O)OCc1ccc(OC2OC(CO)C(O)C(O)C2O)cc1. The Hall–Kier alpha value is -4.64. The molecule has 3 heterocycles. The second-order valence-corrected chi connectivity index (χ2v) is 16.5. The van der Waals surface area contributed by atoms with E-state index in [-0.39, 0.29) is 24.5 Å². The van der Waals surface area contributed by atoms with E-state index in [4.69, 9.17) is 47.4 Å². The molecule has 17 atom stereocenters. The standard InChI is InChI=1S/C44H60O24/c1-5-20(2)44(68-42-38(57)39(62-22(4)48)33(52)29(67-42)19-59-21(3)47,43(58)61-18-24-8-12-26(13-9-24)64-41-37(56)35(54)32(51)28(16-46)66-41)14-30(49)60-17-23-6-10-25(11-7-23)63-40-36(55)34(53)31(50)27(15-45)65-40/h6-13,20,27-29,31-42,45-46,50-57H,5,14-19H2,1-4H3. The van der Waals surface area contributed by atoms with Gasteiger partial charge in [-0.15, -0.1) is 0 Å². The minimum Gasteiger partial charge on any atom is -0.463 e. The fourth-order valence-electron chi connectivity index (χ4n) is 7.48. The van der Waals surface area contributed by atoms with Crippen molar-refractivity contribution in [3.63, 3.8) is 0 Å². The third-order valence-electron chi connectivity index (χ3n) is 11.7. The highest BCUT2D eigenvalue weighted by Gasteiger charge is 2.55. The molecule has 0 spiro atoms. The molecule has 3 fully saturated rings. The molecule has 10 N–H and O–H groups in total. The molecule has 24 nitrogen and oxygen atoms in total. The number of hydrogen-bond donors (Lipinski definition) is 10. The third-order valence-corrected chi connectivity index (χ3v) is 11.7. The summed E-state index contributed by atoms with van der Waals surface area (Å²) in [4.78, 5) is 52.2. The van der Waals surface area contributed by atoms with Crippen molar-refractivity contribution < 1.29 is 118 Å². The molecule has 68 heavy (non-hydrogen) atoms. The van der Waals surface area contributed by atoms with Crippen LogP contribution in [0.1, 0.15) is 51.7 Å². The van der Waals surface area contributed by atoms with Crippen LogP contribution in [0.3, 0.4) is 0 Å². The maximum atomic E-state index is 14.5. The summed E-state index contributed by atoms with van der Waals surface area (Å²) in [6.07, 6.45) is -24.9. The van der Waals surface area contributed by atoms with E-state index in [1.165, 1.54) is 55.5 Å². The number of ether oxygens (including phenoxy) is 10. The Bertz CT molecular complexity index is 1950. The van der Waals surface area contributed by atoms with Gasteiger partial charge < -0.3 is 98.4 Å². The summed E-state index contributed by atoms with van der Waals surface area (Å²) >= 11 is 0. The molecular weight excluding hydrogens is 912 g/mol. The smallest absolute Gasteiger partial charge is 0.339 e. The van der Waals surface area contributed by atoms with Crippen molar-refractivity contribution in [1.29, 1.82) is 0 Å². The average molecular weight is 973 g/mol. The van der Waals surface area contributed by atoms with E-state index in [1.807, 2.05) is 0 Å². The van der Waals surface area contributed by atoms with Crippen molar-refractivity contribution >= 4 is 23.9 Å². The van der Waals surface area contributed by atoms with E-state index in [0.717, 1.165) is 13.8 Å². The lowest BCUT2D eigenvalue weighted by Crippen LogP contribution is -2.64. The highest BCUT2D eigenvalue weighted by molar-refractivity contribution is 5.86. The number of rotatable bonds is 20. The van der Waals surface area contributed by atoms with E-state index >= 15 is 0 Å². The number of esters is 4. The first kappa shape index (κ1) is 54.3. The third kappa shape index (κ3) is 13.2. The van der Waals surface area contributed by atoms with Gasteiger partial charge in [0.25, 0.3) is 0 Å². The lowest BCUT2D eigenvalue weighted by Gasteiger charge is -2.45. The van der Waals surface area contributed by atoms with Crippen molar-refractivity contribution in [2.45, 2.75) is 151 Å². The topological polar surface area (TPSA) is 363 Å². The van der Waals surface area contributed by atoms with E-state index in [1.54, 1.807) is 6.92 Å². The van der Waals surface area contributed by atoms with Crippen LogP contribution >= 0.6 is 0 Å². The van der Waals surface area contributed by atoms with Gasteiger partial charge >= 0.3 is 23.9 Å². The fraction of sp³-hybridized carbons (Fsp3) is 0.636. The van der Waals surface area contributed by atoms with Gasteiger partial charge in [-0.05, 0) is 41.3 Å². The van der Waals surface area contributed by atoms with Crippen molar-refractivity contribution in [3.8, 4) is 11.5 Å². The second kappa shape index (κ2) is 24.3. The molecule has 3 aliphatic rings. The first-order chi connectivity index (χ1) is 32.2. The van der Waals surface area contributed by atoms with Crippen LogP contribution in [0.5, 0.6) is 11.5 Å². The van der Waals surface area contributed by atoms with Gasteiger partial charge in [-0.2, -0.15) is 0 Å². The number of aliphatic hydroxyl groups is 10. The van der Waals surface area contributed by atoms with Crippen LogP contribution in [0.25, 0.3) is 0 Å². The molecule has 2 aromatic rings. The Morgan fingerprint density at radius 1 is 0.588 bits per heavy atom. The summed E-state index contributed by atoms with van der Waals surface area (Å²) in [6, 6.07) is 11.5. The van der Waals surface area contributed by atoms with Crippen molar-refractivity contribution in [1.82, 2.24) is 0 Å². The van der Waals surface area contributed by atoms with Crippen LogP contribution in [0, 0.1) is 5.92 Å². The predicted octanol–water partition coefficient (Wildman–Crippen LogP) is -3.04. The quantitative estimate of drug-likeness (QED) is 0.0466. The normalized spacial score (nSPS) is 33.0. The Labute approximate surface area is 389 Å². The van der Waals surface area contributed by atoms with Crippen LogP contribution in [-0.4, -0.2) is 192 Å². The first-order valence-corrected chi connectivity index (χ1v) is 21.7. The van der Waals surface area contributed by atoms with E-state index in [9.17, 15) is 70.2 Å². The predicted molar refractivity (Wildman–Crippen MR) is 222 cm³/mol. The van der Waals surface area contributed by atoms with Crippen LogP contribution in [0.15, 0.2) is 48.5 Å². The maximum Gasteiger partial charge on any atom is 0.339 e. The molecule has 5 rings (SSSR count). The zero-order valence-electron chi connectivity index (χ0n) is 37.5. The minimum atomic E-state index is -2.35. The first-order valence-electron chi connectivity index (χ1n) is 21.7. The molecule has 380 valence electrons. The van der Waals surface area contributed by atoms with Gasteiger partial charge in [0.1, 0.15) is 98.5 Å². The monoisotopic (exact) mass is 972 g/mol. The zero-order valence-corrected chi connectivity index (χ0v) is 37.5. The van der Waals surface area contributed by atoms with Gasteiger partial charge in [0.15, 0.2) is 18.0 Å². The summed E-state index contributed by atoms with van der Waals surface area (Å²) in [5, 5.41) is 103. The zero-order chi connectivity index (χ0) is 50.0. The fourth-order valence-corrected chi connectivity index (χ4v) is 7.48. The van der Waals surface area contributed by atoms with Gasteiger partial charge in [0.05, 0.1) is 19.6 Å².